The van der Waals surface area contributed by atoms with Gasteiger partial charge in [-0.25, -0.2) is 0 Å². The van der Waals surface area contributed by atoms with Crippen LogP contribution in [0.4, 0.5) is 5.69 Å². The molecule has 0 radical (unpaired) electrons. The average molecular weight is 679 g/mol. The Kier molecular flexibility index (Phi) is 12.0. The van der Waals surface area contributed by atoms with Gasteiger partial charge in [0.25, 0.3) is 0 Å². The molecule has 0 amide bonds. The van der Waals surface area contributed by atoms with E-state index in [2.05, 4.69) is 54.2 Å². The maximum absolute atomic E-state index is 14.2. The van der Waals surface area contributed by atoms with E-state index in [-0.39, 0.29) is 0 Å². The predicted octanol–water partition coefficient (Wildman–Crippen LogP) is 9.81. The van der Waals surface area contributed by atoms with E-state index in [4.69, 9.17) is 4.43 Å². The third-order valence-corrected chi connectivity index (χ3v) is 31.7. The van der Waals surface area contributed by atoms with Crippen LogP contribution in [0.5, 0.6) is 0 Å². The number of hydrogen-bond acceptors (Lipinski definition) is 3. The molecule has 0 bridgehead atoms. The fraction of sp³-hybridized carbons (Fsp3) is 0.625. The van der Waals surface area contributed by atoms with Gasteiger partial charge in [0.1, 0.15) is 0 Å². The van der Waals surface area contributed by atoms with Crippen molar-refractivity contribution in [1.82, 2.24) is 0 Å². The third-order valence-electron chi connectivity index (χ3n) is 9.40. The molecule has 1 aliphatic rings. The predicted molar refractivity (Wildman–Crippen MR) is 175 cm³/mol. The normalized spacial score (nSPS) is 14.9. The monoisotopic (exact) mass is 679 g/mol. The van der Waals surface area contributed by atoms with Crippen LogP contribution in [-0.2, 0) is 20.9 Å². The zero-order chi connectivity index (χ0) is 28.7. The van der Waals surface area contributed by atoms with Gasteiger partial charge in [0, 0.05) is 0 Å². The molecule has 7 heteroatoms. The molecule has 0 aliphatic carbocycles. The van der Waals surface area contributed by atoms with Gasteiger partial charge in [0.05, 0.1) is 0 Å². The average Bonchev–Trinajstić information content (AvgIpc) is 3.18. The topological polar surface area (TPSA) is 46.6 Å². The zero-order valence-electron chi connectivity index (χ0n) is 25.6. The standard InChI is InChI=1S/C20H26NO3SSi.3C4H9.Sn/c1-5-21-18-11-9-10-17-16(12-13-19(20(17)18)25(21,22)23)14-15-24-26(6-2,7-3)8-4;3*1-3-4-2;/h9-13H,1,6-8,14-15H2,2-4H3;3*1,3-4H2,2H3;. The van der Waals surface area contributed by atoms with Gasteiger partial charge in [-0.15, -0.1) is 0 Å². The molecule has 0 atom stereocenters. The van der Waals surface area contributed by atoms with Crippen molar-refractivity contribution in [2.45, 2.75) is 123 Å². The molecule has 0 aromatic heterocycles. The van der Waals surface area contributed by atoms with Gasteiger partial charge >= 0.3 is 246 Å². The number of unbranched alkanes of at least 4 members (excludes halogenated alkanes) is 3. The molecule has 0 saturated carbocycles. The van der Waals surface area contributed by atoms with Crippen LogP contribution < -0.4 is 4.31 Å². The van der Waals surface area contributed by atoms with Crippen LogP contribution in [0.2, 0.25) is 31.4 Å². The van der Waals surface area contributed by atoms with Gasteiger partial charge in [-0.1, -0.05) is 0 Å². The van der Waals surface area contributed by atoms with Crippen molar-refractivity contribution in [1.29, 1.82) is 0 Å². The SMILES string of the molecule is C=[C](N1c2cccc3c(CCO[Si](CC)(CC)CC)ccc(c23)S1(=O)=O)[Sn]([CH2]CCC)([CH2]CCC)[CH2]CCC. The van der Waals surface area contributed by atoms with Gasteiger partial charge in [0.15, 0.2) is 0 Å². The fourth-order valence-corrected chi connectivity index (χ4v) is 28.1. The van der Waals surface area contributed by atoms with Crippen LogP contribution >= 0.6 is 0 Å². The van der Waals surface area contributed by atoms with Crippen molar-refractivity contribution in [3.63, 3.8) is 0 Å². The Balaban J connectivity index is 2.05. The Morgan fingerprint density at radius 2 is 1.44 bits per heavy atom. The summed E-state index contributed by atoms with van der Waals surface area (Å²) in [7, 11) is -5.33. The van der Waals surface area contributed by atoms with E-state index in [9.17, 15) is 8.42 Å². The van der Waals surface area contributed by atoms with Crippen molar-refractivity contribution >= 4 is 53.2 Å². The van der Waals surface area contributed by atoms with Crippen molar-refractivity contribution in [2.75, 3.05) is 10.9 Å². The summed E-state index contributed by atoms with van der Waals surface area (Å²) in [5.74, 6) is 0. The molecular formula is C32H53NO3SSiSn. The van der Waals surface area contributed by atoms with Crippen LogP contribution in [0.15, 0.2) is 45.5 Å². The first-order valence-corrected chi connectivity index (χ1v) is 27.1. The van der Waals surface area contributed by atoms with Gasteiger partial charge in [-0.3, -0.25) is 0 Å². The van der Waals surface area contributed by atoms with Gasteiger partial charge in [-0.2, -0.15) is 0 Å². The second-order valence-corrected chi connectivity index (χ2v) is 31.3. The molecule has 0 fully saturated rings. The summed E-state index contributed by atoms with van der Waals surface area (Å²) >= 11 is -3.07. The third kappa shape index (κ3) is 6.64. The molecule has 2 aromatic rings. The van der Waals surface area contributed by atoms with Crippen LogP contribution in [0.1, 0.15) is 85.6 Å². The number of anilines is 1. The number of benzene rings is 2. The Labute approximate surface area is 244 Å². The summed E-state index contributed by atoms with van der Waals surface area (Å²) in [6, 6.07) is 13.5. The fourth-order valence-electron chi connectivity index (χ4n) is 6.54. The molecule has 0 saturated heterocycles. The van der Waals surface area contributed by atoms with E-state index >= 15 is 0 Å². The van der Waals surface area contributed by atoms with Crippen LogP contribution in [-0.4, -0.2) is 41.7 Å². The van der Waals surface area contributed by atoms with Crippen molar-refractivity contribution in [2.24, 2.45) is 0 Å². The van der Waals surface area contributed by atoms with Crippen molar-refractivity contribution < 1.29 is 12.8 Å². The Bertz CT molecular complexity index is 1200. The van der Waals surface area contributed by atoms with E-state index in [0.717, 1.165) is 64.0 Å². The second kappa shape index (κ2) is 14.4. The molecule has 2 aromatic carbocycles. The van der Waals surface area contributed by atoms with Crippen LogP contribution in [0.25, 0.3) is 10.8 Å². The van der Waals surface area contributed by atoms with Gasteiger partial charge in [-0.05, 0) is 0 Å². The van der Waals surface area contributed by atoms with Crippen LogP contribution in [0, 0.1) is 0 Å². The van der Waals surface area contributed by atoms with E-state index in [0.29, 0.717) is 11.5 Å². The number of nitrogens with zero attached hydrogens (tertiary/aromatic N) is 1. The first kappa shape index (κ1) is 32.7. The molecule has 0 spiro atoms. The number of sulfonamides is 1. The van der Waals surface area contributed by atoms with Crippen molar-refractivity contribution in [3.05, 3.63) is 46.2 Å². The summed E-state index contributed by atoms with van der Waals surface area (Å²) in [4.78, 5) is 0.458. The molecular weight excluding hydrogens is 625 g/mol. The quantitative estimate of drug-likeness (QED) is 0.148. The number of hydrogen-bond donors (Lipinski definition) is 0. The zero-order valence-corrected chi connectivity index (χ0v) is 30.2. The van der Waals surface area contributed by atoms with E-state index in [1.807, 2.05) is 24.3 Å². The summed E-state index contributed by atoms with van der Waals surface area (Å²) in [5, 5.41) is 1.95. The maximum atomic E-state index is 14.2. The summed E-state index contributed by atoms with van der Waals surface area (Å²) < 4.78 is 41.3. The van der Waals surface area contributed by atoms with Crippen molar-refractivity contribution in [3.8, 4) is 0 Å². The van der Waals surface area contributed by atoms with Crippen LogP contribution in [0.3, 0.4) is 0 Å². The Morgan fingerprint density at radius 3 is 1.95 bits per heavy atom. The summed E-state index contributed by atoms with van der Waals surface area (Å²) in [5.41, 5.74) is 2.02. The summed E-state index contributed by atoms with van der Waals surface area (Å²) in [6.45, 7) is 18.9. The minimum absolute atomic E-state index is 0.458. The summed E-state index contributed by atoms with van der Waals surface area (Å²) in [6.07, 6.45) is 7.79. The Morgan fingerprint density at radius 1 is 0.872 bits per heavy atom. The molecule has 3 rings (SSSR count). The molecule has 1 aliphatic heterocycles. The Hall–Kier alpha value is -0.834. The molecule has 4 nitrogen and oxygen atoms in total. The molecule has 218 valence electrons. The first-order valence-electron chi connectivity index (χ1n) is 15.6. The van der Waals surface area contributed by atoms with E-state index < -0.39 is 36.7 Å². The molecule has 1 heterocycles. The van der Waals surface area contributed by atoms with Gasteiger partial charge < -0.3 is 0 Å². The first-order chi connectivity index (χ1) is 18.7. The van der Waals surface area contributed by atoms with E-state index in [1.165, 1.54) is 38.1 Å². The molecule has 39 heavy (non-hydrogen) atoms. The van der Waals surface area contributed by atoms with Gasteiger partial charge in [0.2, 0.25) is 0 Å². The minimum atomic E-state index is -3.67. The second-order valence-electron chi connectivity index (χ2n) is 11.6. The molecule has 0 N–H and O–H groups in total. The number of rotatable bonds is 18. The van der Waals surface area contributed by atoms with E-state index in [1.54, 1.807) is 4.31 Å². The molecule has 0 unspecified atom stereocenters.